The summed E-state index contributed by atoms with van der Waals surface area (Å²) in [5.74, 6) is 4.17. The van der Waals surface area contributed by atoms with Gasteiger partial charge in [-0.05, 0) is 18.2 Å². The predicted octanol–water partition coefficient (Wildman–Crippen LogP) is 2.50. The molecule has 0 heterocycles. The molecule has 0 aliphatic carbocycles. The molecule has 0 saturated heterocycles. The summed E-state index contributed by atoms with van der Waals surface area (Å²) in [7, 11) is 0. The van der Waals surface area contributed by atoms with Gasteiger partial charge in [0.15, 0.2) is 6.61 Å². The molecule has 1 rings (SSSR count). The van der Waals surface area contributed by atoms with Gasteiger partial charge in [-0.15, -0.1) is 0 Å². The Hall–Kier alpha value is -1.74. The third kappa shape index (κ3) is 5.06. The van der Waals surface area contributed by atoms with E-state index >= 15 is 0 Å². The van der Waals surface area contributed by atoms with E-state index in [1.165, 1.54) is 0 Å². The van der Waals surface area contributed by atoms with Gasteiger partial charge in [0.25, 0.3) is 0 Å². The maximum atomic E-state index is 12.9. The van der Waals surface area contributed by atoms with E-state index in [2.05, 4.69) is 16.6 Å². The van der Waals surface area contributed by atoms with Gasteiger partial charge >= 0.3 is 6.18 Å². The Morgan fingerprint density at radius 3 is 2.61 bits per heavy atom. The second-order valence-electron chi connectivity index (χ2n) is 3.32. The van der Waals surface area contributed by atoms with E-state index < -0.39 is 18.6 Å². The molecular formula is C12H10F4O2. The Morgan fingerprint density at radius 1 is 1.28 bits per heavy atom. The van der Waals surface area contributed by atoms with Crippen LogP contribution in [0.4, 0.5) is 17.6 Å². The lowest BCUT2D eigenvalue weighted by atomic mass is 10.2. The molecule has 0 atom stereocenters. The van der Waals surface area contributed by atoms with Crippen molar-refractivity contribution in [1.29, 1.82) is 0 Å². The van der Waals surface area contributed by atoms with Crippen LogP contribution in [0.15, 0.2) is 18.2 Å². The highest BCUT2D eigenvalue weighted by Crippen LogP contribution is 2.22. The standard InChI is InChI=1S/C12H10F4O2/c13-10-4-5-11(18-8-12(14,15)16)9(7-10)3-1-2-6-17/h4-5,7,17H,2,6,8H2. The molecule has 98 valence electrons. The Kier molecular flexibility index (Phi) is 4.98. The number of ether oxygens (including phenoxy) is 1. The maximum absolute atomic E-state index is 12.9. The van der Waals surface area contributed by atoms with E-state index in [-0.39, 0.29) is 24.3 Å². The summed E-state index contributed by atoms with van der Waals surface area (Å²) in [6, 6.07) is 3.06. The number of rotatable bonds is 3. The van der Waals surface area contributed by atoms with E-state index in [0.29, 0.717) is 0 Å². The summed E-state index contributed by atoms with van der Waals surface area (Å²) in [5, 5.41) is 8.52. The van der Waals surface area contributed by atoms with Crippen molar-refractivity contribution in [2.24, 2.45) is 0 Å². The van der Waals surface area contributed by atoms with Crippen molar-refractivity contribution >= 4 is 0 Å². The highest BCUT2D eigenvalue weighted by molar-refractivity contribution is 5.46. The van der Waals surface area contributed by atoms with E-state index in [4.69, 9.17) is 5.11 Å². The van der Waals surface area contributed by atoms with Crippen LogP contribution in [0, 0.1) is 17.7 Å². The van der Waals surface area contributed by atoms with Gasteiger partial charge in [0, 0.05) is 6.42 Å². The van der Waals surface area contributed by atoms with Crippen LogP contribution in [-0.2, 0) is 0 Å². The van der Waals surface area contributed by atoms with Crippen molar-refractivity contribution in [3.05, 3.63) is 29.6 Å². The molecule has 0 aliphatic heterocycles. The normalized spacial score (nSPS) is 10.7. The molecular weight excluding hydrogens is 252 g/mol. The molecule has 2 nitrogen and oxygen atoms in total. The zero-order valence-electron chi connectivity index (χ0n) is 9.22. The van der Waals surface area contributed by atoms with E-state index in [0.717, 1.165) is 18.2 Å². The Labute approximate surface area is 101 Å². The van der Waals surface area contributed by atoms with Crippen molar-refractivity contribution in [2.45, 2.75) is 12.6 Å². The van der Waals surface area contributed by atoms with Gasteiger partial charge in [-0.25, -0.2) is 4.39 Å². The van der Waals surface area contributed by atoms with Gasteiger partial charge in [-0.2, -0.15) is 13.2 Å². The molecule has 0 radical (unpaired) electrons. The van der Waals surface area contributed by atoms with Crippen molar-refractivity contribution in [3.8, 4) is 17.6 Å². The van der Waals surface area contributed by atoms with Crippen LogP contribution in [0.5, 0.6) is 5.75 Å². The minimum atomic E-state index is -4.47. The highest BCUT2D eigenvalue weighted by atomic mass is 19.4. The highest BCUT2D eigenvalue weighted by Gasteiger charge is 2.28. The minimum absolute atomic E-state index is 0.0210. The maximum Gasteiger partial charge on any atom is 0.422 e. The van der Waals surface area contributed by atoms with Crippen LogP contribution in [0.3, 0.4) is 0 Å². The van der Waals surface area contributed by atoms with Crippen LogP contribution in [0.1, 0.15) is 12.0 Å². The first kappa shape index (κ1) is 14.3. The van der Waals surface area contributed by atoms with Crippen LogP contribution < -0.4 is 4.74 Å². The average molecular weight is 262 g/mol. The summed E-state index contributed by atoms with van der Waals surface area (Å²) >= 11 is 0. The fraction of sp³-hybridized carbons (Fsp3) is 0.333. The van der Waals surface area contributed by atoms with Gasteiger partial charge in [0.05, 0.1) is 12.2 Å². The van der Waals surface area contributed by atoms with Gasteiger partial charge < -0.3 is 9.84 Å². The Morgan fingerprint density at radius 2 is 2.00 bits per heavy atom. The van der Waals surface area contributed by atoms with Crippen molar-refractivity contribution in [2.75, 3.05) is 13.2 Å². The van der Waals surface area contributed by atoms with Gasteiger partial charge in [0.2, 0.25) is 0 Å². The fourth-order valence-corrected chi connectivity index (χ4v) is 1.10. The number of hydrogen-bond acceptors (Lipinski definition) is 2. The smallest absolute Gasteiger partial charge is 0.422 e. The SMILES string of the molecule is OCCC#Cc1cc(F)ccc1OCC(F)(F)F. The number of halogens is 4. The van der Waals surface area contributed by atoms with Gasteiger partial charge in [0.1, 0.15) is 11.6 Å². The number of aliphatic hydroxyl groups is 1. The van der Waals surface area contributed by atoms with Crippen molar-refractivity contribution < 1.29 is 27.4 Å². The van der Waals surface area contributed by atoms with E-state index in [9.17, 15) is 17.6 Å². The lowest BCUT2D eigenvalue weighted by molar-refractivity contribution is -0.153. The van der Waals surface area contributed by atoms with Crippen LogP contribution in [0.25, 0.3) is 0 Å². The molecule has 0 amide bonds. The first-order valence-corrected chi connectivity index (χ1v) is 5.01. The van der Waals surface area contributed by atoms with Crippen molar-refractivity contribution in [1.82, 2.24) is 0 Å². The second kappa shape index (κ2) is 6.26. The topological polar surface area (TPSA) is 29.5 Å². The summed E-state index contributed by atoms with van der Waals surface area (Å²) < 4.78 is 53.4. The molecule has 1 N–H and O–H groups in total. The molecule has 0 unspecified atom stereocenters. The molecule has 0 bridgehead atoms. The Bertz CT molecular complexity index is 457. The molecule has 18 heavy (non-hydrogen) atoms. The molecule has 1 aromatic carbocycles. The predicted molar refractivity (Wildman–Crippen MR) is 56.5 cm³/mol. The number of benzene rings is 1. The summed E-state index contributed by atoms with van der Waals surface area (Å²) in [4.78, 5) is 0. The molecule has 1 aromatic rings. The molecule has 0 aliphatic rings. The second-order valence-corrected chi connectivity index (χ2v) is 3.32. The van der Waals surface area contributed by atoms with Crippen LogP contribution in [-0.4, -0.2) is 24.5 Å². The minimum Gasteiger partial charge on any atom is -0.483 e. The molecule has 6 heteroatoms. The van der Waals surface area contributed by atoms with E-state index in [1.54, 1.807) is 0 Å². The lowest BCUT2D eigenvalue weighted by Crippen LogP contribution is -2.19. The number of alkyl halides is 3. The summed E-state index contributed by atoms with van der Waals surface area (Å²) in [6.45, 7) is -1.64. The molecule has 0 spiro atoms. The lowest BCUT2D eigenvalue weighted by Gasteiger charge is -2.10. The number of aliphatic hydroxyl groups excluding tert-OH is 1. The summed E-state index contributed by atoms with van der Waals surface area (Å²) in [5.41, 5.74) is 0.0210. The van der Waals surface area contributed by atoms with Crippen LogP contribution in [0.2, 0.25) is 0 Å². The summed E-state index contributed by atoms with van der Waals surface area (Å²) in [6.07, 6.45) is -4.32. The third-order valence-corrected chi connectivity index (χ3v) is 1.79. The zero-order chi connectivity index (χ0) is 13.6. The molecule has 0 saturated carbocycles. The first-order chi connectivity index (χ1) is 8.42. The van der Waals surface area contributed by atoms with Gasteiger partial charge in [-0.3, -0.25) is 0 Å². The quantitative estimate of drug-likeness (QED) is 0.670. The van der Waals surface area contributed by atoms with Crippen LogP contribution >= 0.6 is 0 Å². The van der Waals surface area contributed by atoms with Crippen molar-refractivity contribution in [3.63, 3.8) is 0 Å². The molecule has 0 aromatic heterocycles. The zero-order valence-corrected chi connectivity index (χ0v) is 9.22. The third-order valence-electron chi connectivity index (χ3n) is 1.79. The molecule has 0 fully saturated rings. The Balaban J connectivity index is 2.87. The average Bonchev–Trinajstić information content (AvgIpc) is 2.27. The largest absolute Gasteiger partial charge is 0.483 e. The van der Waals surface area contributed by atoms with E-state index in [1.807, 2.05) is 0 Å². The fourth-order valence-electron chi connectivity index (χ4n) is 1.10. The first-order valence-electron chi connectivity index (χ1n) is 5.01. The number of hydrogen-bond donors (Lipinski definition) is 1. The van der Waals surface area contributed by atoms with Gasteiger partial charge in [-0.1, -0.05) is 11.8 Å². The monoisotopic (exact) mass is 262 g/mol.